The number of imidazole rings is 1. The predicted octanol–water partition coefficient (Wildman–Crippen LogP) is 4.99. The molecule has 0 radical (unpaired) electrons. The molecular weight excluding hydrogens is 280 g/mol. The third kappa shape index (κ3) is 2.57. The van der Waals surface area contributed by atoms with Crippen molar-refractivity contribution >= 4 is 0 Å². The van der Waals surface area contributed by atoms with Crippen LogP contribution in [0, 0.1) is 17.8 Å². The van der Waals surface area contributed by atoms with Crippen molar-refractivity contribution in [2.24, 2.45) is 17.8 Å². The van der Waals surface area contributed by atoms with Gasteiger partial charge in [-0.1, -0.05) is 19.3 Å². The summed E-state index contributed by atoms with van der Waals surface area (Å²) < 4.78 is 5.26. The van der Waals surface area contributed by atoms with Gasteiger partial charge in [-0.2, -0.15) is 0 Å². The topological polar surface area (TPSA) is 8.81 Å². The highest BCUT2D eigenvalue weighted by molar-refractivity contribution is 5.05. The van der Waals surface area contributed by atoms with Crippen LogP contribution in [-0.4, -0.2) is 4.57 Å². The summed E-state index contributed by atoms with van der Waals surface area (Å²) in [6.45, 7) is 0. The van der Waals surface area contributed by atoms with Crippen molar-refractivity contribution in [1.82, 2.24) is 4.57 Å². The van der Waals surface area contributed by atoms with Crippen LogP contribution in [0.25, 0.3) is 0 Å². The van der Waals surface area contributed by atoms with Gasteiger partial charge < -0.3 is 0 Å². The molecule has 0 atom stereocenters. The molecule has 6 rings (SSSR count). The molecule has 23 heavy (non-hydrogen) atoms. The maximum Gasteiger partial charge on any atom is 0.244 e. The summed E-state index contributed by atoms with van der Waals surface area (Å²) in [4.78, 5) is 0. The summed E-state index contributed by atoms with van der Waals surface area (Å²) in [7, 11) is 0. The molecule has 0 saturated heterocycles. The Morgan fingerprint density at radius 3 is 1.96 bits per heavy atom. The lowest BCUT2D eigenvalue weighted by atomic mass is 9.53. The van der Waals surface area contributed by atoms with E-state index in [0.717, 1.165) is 23.8 Å². The van der Waals surface area contributed by atoms with Gasteiger partial charge in [0.25, 0.3) is 0 Å². The van der Waals surface area contributed by atoms with Crippen LogP contribution < -0.4 is 4.57 Å². The van der Waals surface area contributed by atoms with E-state index in [0.29, 0.717) is 5.54 Å². The van der Waals surface area contributed by atoms with Gasteiger partial charge in [0.2, 0.25) is 6.33 Å². The van der Waals surface area contributed by atoms with Crippen LogP contribution in [-0.2, 0) is 5.54 Å². The second-order valence-electron chi connectivity index (χ2n) is 9.41. The molecule has 126 valence electrons. The van der Waals surface area contributed by atoms with E-state index in [9.17, 15) is 0 Å². The van der Waals surface area contributed by atoms with Crippen molar-refractivity contribution in [3.63, 3.8) is 0 Å². The molecule has 0 amide bonds. The molecule has 2 nitrogen and oxygen atoms in total. The molecule has 5 aliphatic rings. The Bertz CT molecular complexity index is 515. The molecule has 2 heteroatoms. The van der Waals surface area contributed by atoms with E-state index in [1.54, 1.807) is 19.3 Å². The van der Waals surface area contributed by atoms with Crippen LogP contribution in [0.1, 0.15) is 89.5 Å². The van der Waals surface area contributed by atoms with Gasteiger partial charge in [-0.15, -0.1) is 0 Å². The minimum atomic E-state index is 0.502. The van der Waals surface area contributed by atoms with Gasteiger partial charge in [0, 0.05) is 0 Å². The van der Waals surface area contributed by atoms with Crippen molar-refractivity contribution in [3.8, 4) is 0 Å². The normalized spacial score (nSPS) is 41.0. The Morgan fingerprint density at radius 2 is 1.35 bits per heavy atom. The summed E-state index contributed by atoms with van der Waals surface area (Å²) >= 11 is 0. The van der Waals surface area contributed by atoms with E-state index in [4.69, 9.17) is 0 Å². The van der Waals surface area contributed by atoms with E-state index in [-0.39, 0.29) is 0 Å². The van der Waals surface area contributed by atoms with Gasteiger partial charge in [0.1, 0.15) is 24.0 Å². The molecular formula is C21H33N2+. The van der Waals surface area contributed by atoms with Crippen LogP contribution in [0.15, 0.2) is 18.7 Å². The van der Waals surface area contributed by atoms with Crippen LogP contribution in [0.5, 0.6) is 0 Å². The standard InChI is InChI=1S/C21H33N2/c1-2-4-6-20(7-5-3-1)22-8-9-23(16-22)21-13-17-10-18(14-21)12-19(11-17)15-21/h8-9,16-20H,1-7,10-15H2/q+1. The molecule has 0 aromatic carbocycles. The second-order valence-corrected chi connectivity index (χ2v) is 9.41. The highest BCUT2D eigenvalue weighted by atomic mass is 15.2. The molecule has 0 unspecified atom stereocenters. The molecule has 0 N–H and O–H groups in total. The lowest BCUT2D eigenvalue weighted by molar-refractivity contribution is -0.724. The Balaban J connectivity index is 1.38. The van der Waals surface area contributed by atoms with Gasteiger partial charge in [-0.3, -0.25) is 0 Å². The molecule has 5 aliphatic carbocycles. The van der Waals surface area contributed by atoms with Crippen LogP contribution in [0.2, 0.25) is 0 Å². The van der Waals surface area contributed by atoms with Crippen molar-refractivity contribution in [1.29, 1.82) is 0 Å². The lowest BCUT2D eigenvalue weighted by Crippen LogP contribution is -2.52. The van der Waals surface area contributed by atoms with Gasteiger partial charge in [-0.25, -0.2) is 9.13 Å². The van der Waals surface area contributed by atoms with E-state index in [1.807, 2.05) is 0 Å². The third-order valence-corrected chi connectivity index (χ3v) is 7.71. The largest absolute Gasteiger partial charge is 0.244 e. The van der Waals surface area contributed by atoms with E-state index >= 15 is 0 Å². The Labute approximate surface area is 141 Å². The molecule has 1 aromatic heterocycles. The van der Waals surface area contributed by atoms with Crippen molar-refractivity contribution in [2.75, 3.05) is 0 Å². The first-order chi connectivity index (χ1) is 11.3. The van der Waals surface area contributed by atoms with E-state index in [2.05, 4.69) is 27.9 Å². The monoisotopic (exact) mass is 313 g/mol. The first-order valence-corrected chi connectivity index (χ1v) is 10.4. The number of hydrogen-bond acceptors (Lipinski definition) is 0. The minimum absolute atomic E-state index is 0.502. The Morgan fingerprint density at radius 1 is 0.783 bits per heavy atom. The van der Waals surface area contributed by atoms with Gasteiger partial charge in [-0.05, 0) is 82.0 Å². The molecule has 1 aromatic rings. The summed E-state index contributed by atoms with van der Waals surface area (Å²) in [6, 6.07) is 0.769. The maximum atomic E-state index is 2.68. The number of hydrogen-bond donors (Lipinski definition) is 0. The van der Waals surface area contributed by atoms with E-state index in [1.165, 1.54) is 64.2 Å². The molecule has 4 bridgehead atoms. The zero-order chi connectivity index (χ0) is 15.3. The molecule has 0 spiro atoms. The summed E-state index contributed by atoms with van der Waals surface area (Å²) in [5.41, 5.74) is 0.502. The highest BCUT2D eigenvalue weighted by Gasteiger charge is 2.54. The first-order valence-electron chi connectivity index (χ1n) is 10.4. The van der Waals surface area contributed by atoms with E-state index < -0.39 is 0 Å². The Hall–Kier alpha value is -0.790. The zero-order valence-corrected chi connectivity index (χ0v) is 14.6. The molecule has 1 heterocycles. The molecule has 5 fully saturated rings. The summed E-state index contributed by atoms with van der Waals surface area (Å²) in [5.74, 6) is 3.12. The van der Waals surface area contributed by atoms with Gasteiger partial charge in [0.15, 0.2) is 0 Å². The fourth-order valence-electron chi connectivity index (χ4n) is 6.98. The zero-order valence-electron chi connectivity index (χ0n) is 14.6. The smallest absolute Gasteiger partial charge is 0.234 e. The minimum Gasteiger partial charge on any atom is -0.234 e. The fourth-order valence-corrected chi connectivity index (χ4v) is 6.98. The SMILES string of the molecule is c1c[n+](C2CCCCCCC2)cn1C12CC3CC(CC(C3)C1)C2. The van der Waals surface area contributed by atoms with Crippen molar-refractivity contribution < 1.29 is 4.57 Å². The average molecular weight is 314 g/mol. The lowest BCUT2D eigenvalue weighted by Gasteiger charge is -2.54. The first kappa shape index (κ1) is 14.5. The average Bonchev–Trinajstić information content (AvgIpc) is 2.96. The third-order valence-electron chi connectivity index (χ3n) is 7.71. The fraction of sp³-hybridized carbons (Fsp3) is 0.857. The second kappa shape index (κ2) is 5.63. The quantitative estimate of drug-likeness (QED) is 0.680. The highest BCUT2D eigenvalue weighted by Crippen LogP contribution is 2.58. The molecule has 5 saturated carbocycles. The number of aromatic nitrogens is 2. The predicted molar refractivity (Wildman–Crippen MR) is 92.1 cm³/mol. The van der Waals surface area contributed by atoms with Crippen LogP contribution in [0.4, 0.5) is 0 Å². The Kier molecular flexibility index (Phi) is 3.56. The van der Waals surface area contributed by atoms with Gasteiger partial charge in [0.05, 0.1) is 0 Å². The van der Waals surface area contributed by atoms with Crippen LogP contribution >= 0.6 is 0 Å². The summed E-state index contributed by atoms with van der Waals surface area (Å²) in [6.07, 6.45) is 26.4. The maximum absolute atomic E-state index is 2.68. The number of nitrogens with zero attached hydrogens (tertiary/aromatic N) is 2. The van der Waals surface area contributed by atoms with Gasteiger partial charge >= 0.3 is 0 Å². The van der Waals surface area contributed by atoms with Crippen LogP contribution in [0.3, 0.4) is 0 Å². The molecule has 0 aliphatic heterocycles. The van der Waals surface area contributed by atoms with Crippen molar-refractivity contribution in [2.45, 2.75) is 95.1 Å². The number of rotatable bonds is 2. The summed E-state index contributed by atoms with van der Waals surface area (Å²) in [5, 5.41) is 0. The van der Waals surface area contributed by atoms with Crippen molar-refractivity contribution in [3.05, 3.63) is 18.7 Å².